The maximum Gasteiger partial charge on any atom is 0.257 e. The van der Waals surface area contributed by atoms with Gasteiger partial charge in [-0.3, -0.25) is 4.79 Å². The van der Waals surface area contributed by atoms with Crippen molar-refractivity contribution in [2.75, 3.05) is 26.2 Å². The molecule has 7 nitrogen and oxygen atoms in total. The molecular weight excluding hydrogens is 368 g/mol. The van der Waals surface area contributed by atoms with Crippen LogP contribution >= 0.6 is 0 Å². The van der Waals surface area contributed by atoms with Gasteiger partial charge in [-0.25, -0.2) is 17.2 Å². The van der Waals surface area contributed by atoms with Crippen LogP contribution in [0.5, 0.6) is 0 Å². The van der Waals surface area contributed by atoms with E-state index in [1.54, 1.807) is 0 Å². The smallest absolute Gasteiger partial charge is 0.257 e. The Morgan fingerprint density at radius 3 is 2.38 bits per heavy atom. The highest BCUT2D eigenvalue weighted by atomic mass is 32.2. The van der Waals surface area contributed by atoms with Gasteiger partial charge in [-0.15, -0.1) is 0 Å². The lowest BCUT2D eigenvalue weighted by Crippen LogP contribution is -2.50. The normalized spacial score (nSPS) is 16.1. The van der Waals surface area contributed by atoms with Crippen molar-refractivity contribution in [1.29, 1.82) is 0 Å². The predicted octanol–water partition coefficient (Wildman–Crippen LogP) is 1.72. The van der Waals surface area contributed by atoms with Crippen molar-refractivity contribution >= 4 is 15.9 Å². The van der Waals surface area contributed by atoms with Crippen LogP contribution in [-0.4, -0.2) is 54.9 Å². The Bertz CT molecular complexity index is 931. The van der Waals surface area contributed by atoms with Crippen molar-refractivity contribution in [3.63, 3.8) is 0 Å². The third kappa shape index (κ3) is 3.21. The minimum atomic E-state index is -3.80. The number of sulfonamides is 1. The lowest BCUT2D eigenvalue weighted by atomic mass is 10.1. The summed E-state index contributed by atoms with van der Waals surface area (Å²) in [6, 6.07) is 2.66. The van der Waals surface area contributed by atoms with Gasteiger partial charge in [-0.05, 0) is 32.0 Å². The van der Waals surface area contributed by atoms with Crippen LogP contribution in [-0.2, 0) is 10.0 Å². The summed E-state index contributed by atoms with van der Waals surface area (Å²) in [5.74, 6) is -2.00. The van der Waals surface area contributed by atoms with Crippen LogP contribution < -0.4 is 0 Å². The number of carbonyl (C=O) groups is 1. The van der Waals surface area contributed by atoms with Crippen LogP contribution in [0, 0.1) is 25.5 Å². The van der Waals surface area contributed by atoms with Gasteiger partial charge in [0.2, 0.25) is 10.0 Å². The van der Waals surface area contributed by atoms with E-state index in [4.69, 9.17) is 4.52 Å². The van der Waals surface area contributed by atoms with E-state index in [1.807, 2.05) is 0 Å². The molecular formula is C16H17F2N3O4S. The molecule has 1 fully saturated rings. The number of carbonyl (C=O) groups excluding carboxylic acids is 1. The maximum atomic E-state index is 13.8. The highest BCUT2D eigenvalue weighted by molar-refractivity contribution is 7.89. The zero-order chi connectivity index (χ0) is 19.1. The summed E-state index contributed by atoms with van der Waals surface area (Å²) < 4.78 is 58.7. The molecule has 2 heterocycles. The average molecular weight is 385 g/mol. The number of hydrogen-bond acceptors (Lipinski definition) is 5. The van der Waals surface area contributed by atoms with Gasteiger partial charge in [0, 0.05) is 26.2 Å². The van der Waals surface area contributed by atoms with E-state index in [0.29, 0.717) is 0 Å². The molecule has 0 aliphatic carbocycles. The van der Waals surface area contributed by atoms with Crippen molar-refractivity contribution in [3.8, 4) is 0 Å². The fraction of sp³-hybridized carbons (Fsp3) is 0.375. The highest BCUT2D eigenvalue weighted by Gasteiger charge is 2.34. The number of aromatic nitrogens is 1. The minimum absolute atomic E-state index is 0.0217. The van der Waals surface area contributed by atoms with Crippen LogP contribution in [0.1, 0.15) is 21.8 Å². The minimum Gasteiger partial charge on any atom is -0.360 e. The molecule has 1 aliphatic heterocycles. The second-order valence-electron chi connectivity index (χ2n) is 5.97. The maximum absolute atomic E-state index is 13.8. The highest BCUT2D eigenvalue weighted by Crippen LogP contribution is 2.24. The van der Waals surface area contributed by atoms with Crippen molar-refractivity contribution < 1.29 is 26.5 Å². The number of halogens is 2. The number of amides is 1. The molecule has 0 atom stereocenters. The first kappa shape index (κ1) is 18.5. The average Bonchev–Trinajstić information content (AvgIpc) is 2.95. The molecule has 1 aliphatic rings. The first-order valence-corrected chi connectivity index (χ1v) is 9.33. The summed E-state index contributed by atoms with van der Waals surface area (Å²) in [6.07, 6.45) is 0. The topological polar surface area (TPSA) is 83.7 Å². The Balaban J connectivity index is 1.75. The van der Waals surface area contributed by atoms with Gasteiger partial charge in [-0.2, -0.15) is 4.31 Å². The summed E-state index contributed by atoms with van der Waals surface area (Å²) in [4.78, 5) is 13.7. The molecule has 10 heteroatoms. The largest absolute Gasteiger partial charge is 0.360 e. The van der Waals surface area contributed by atoms with Gasteiger partial charge in [-0.1, -0.05) is 5.16 Å². The van der Waals surface area contributed by atoms with Gasteiger partial charge in [0.1, 0.15) is 22.2 Å². The molecule has 1 amide bonds. The molecule has 0 saturated carbocycles. The number of piperazine rings is 1. The van der Waals surface area contributed by atoms with Gasteiger partial charge in [0.05, 0.1) is 5.56 Å². The molecule has 0 unspecified atom stereocenters. The molecule has 140 valence electrons. The van der Waals surface area contributed by atoms with Crippen LogP contribution in [0.4, 0.5) is 8.78 Å². The Hall–Kier alpha value is -2.33. The lowest BCUT2D eigenvalue weighted by Gasteiger charge is -2.34. The van der Waals surface area contributed by atoms with E-state index in [2.05, 4.69) is 5.16 Å². The molecule has 1 saturated heterocycles. The van der Waals surface area contributed by atoms with E-state index in [-0.39, 0.29) is 48.1 Å². The van der Waals surface area contributed by atoms with Gasteiger partial charge < -0.3 is 9.42 Å². The molecule has 26 heavy (non-hydrogen) atoms. The second kappa shape index (κ2) is 6.76. The molecule has 1 aromatic heterocycles. The van der Waals surface area contributed by atoms with Crippen LogP contribution in [0.15, 0.2) is 27.6 Å². The standard InChI is InChI=1S/C16H17F2N3O4S/c1-10-15(11(2)25-19-10)26(23,24)21-7-5-20(6-8-21)16(22)13-9-12(17)3-4-14(13)18/h3-4,9H,5-8H2,1-2H3. The van der Waals surface area contributed by atoms with Crippen LogP contribution in [0.3, 0.4) is 0 Å². The summed E-state index contributed by atoms with van der Waals surface area (Å²) in [6.45, 7) is 3.26. The third-order valence-electron chi connectivity index (χ3n) is 4.25. The van der Waals surface area contributed by atoms with Crippen LogP contribution in [0.2, 0.25) is 0 Å². The molecule has 2 aromatic rings. The molecule has 0 spiro atoms. The molecule has 3 rings (SSSR count). The molecule has 1 aromatic carbocycles. The van der Waals surface area contributed by atoms with Crippen molar-refractivity contribution in [2.24, 2.45) is 0 Å². The van der Waals surface area contributed by atoms with Gasteiger partial charge >= 0.3 is 0 Å². The second-order valence-corrected chi connectivity index (χ2v) is 7.85. The van der Waals surface area contributed by atoms with Crippen molar-refractivity contribution in [1.82, 2.24) is 14.4 Å². The van der Waals surface area contributed by atoms with Crippen molar-refractivity contribution in [3.05, 3.63) is 46.9 Å². The Morgan fingerprint density at radius 1 is 1.15 bits per heavy atom. The fourth-order valence-corrected chi connectivity index (χ4v) is 4.65. The Morgan fingerprint density at radius 2 is 1.81 bits per heavy atom. The Labute approximate surface area is 149 Å². The predicted molar refractivity (Wildman–Crippen MR) is 87.0 cm³/mol. The Kier molecular flexibility index (Phi) is 4.80. The van der Waals surface area contributed by atoms with E-state index in [1.165, 1.54) is 23.1 Å². The number of aryl methyl sites for hydroxylation is 2. The SMILES string of the molecule is Cc1noc(C)c1S(=O)(=O)N1CCN(C(=O)c2cc(F)ccc2F)CC1. The van der Waals surface area contributed by atoms with E-state index < -0.39 is 27.6 Å². The van der Waals surface area contributed by atoms with Gasteiger partial charge in [0.25, 0.3) is 5.91 Å². The summed E-state index contributed by atoms with van der Waals surface area (Å²) >= 11 is 0. The number of nitrogens with zero attached hydrogens (tertiary/aromatic N) is 3. The monoisotopic (exact) mass is 385 g/mol. The fourth-order valence-electron chi connectivity index (χ4n) is 2.94. The summed E-state index contributed by atoms with van der Waals surface area (Å²) in [7, 11) is -3.80. The van der Waals surface area contributed by atoms with E-state index in [9.17, 15) is 22.0 Å². The first-order chi connectivity index (χ1) is 12.2. The van der Waals surface area contributed by atoms with Crippen LogP contribution in [0.25, 0.3) is 0 Å². The number of rotatable bonds is 3. The third-order valence-corrected chi connectivity index (χ3v) is 6.39. The zero-order valence-corrected chi connectivity index (χ0v) is 15.0. The quantitative estimate of drug-likeness (QED) is 0.803. The molecule has 0 radical (unpaired) electrons. The van der Waals surface area contributed by atoms with E-state index >= 15 is 0 Å². The molecule has 0 bridgehead atoms. The summed E-state index contributed by atoms with van der Waals surface area (Å²) in [5.41, 5.74) is -0.102. The van der Waals surface area contributed by atoms with Gasteiger partial charge in [0.15, 0.2) is 5.76 Å². The lowest BCUT2D eigenvalue weighted by molar-refractivity contribution is 0.0692. The van der Waals surface area contributed by atoms with Crippen molar-refractivity contribution in [2.45, 2.75) is 18.7 Å². The number of benzene rings is 1. The molecule has 0 N–H and O–H groups in total. The zero-order valence-electron chi connectivity index (χ0n) is 14.2. The summed E-state index contributed by atoms with van der Waals surface area (Å²) in [5, 5.41) is 3.66. The first-order valence-electron chi connectivity index (χ1n) is 7.89. The number of hydrogen-bond donors (Lipinski definition) is 0. The van der Waals surface area contributed by atoms with E-state index in [0.717, 1.165) is 18.2 Å².